The molecule has 1 saturated heterocycles. The van der Waals surface area contributed by atoms with Crippen LogP contribution in [0.5, 0.6) is 11.5 Å². The lowest BCUT2D eigenvalue weighted by molar-refractivity contribution is -0.125. The molecule has 1 aromatic rings. The normalized spacial score (nSPS) is 22.4. The van der Waals surface area contributed by atoms with Crippen molar-refractivity contribution in [3.05, 3.63) is 23.8 Å². The number of fused-ring (bicyclic) bond motifs is 1. The zero-order valence-electron chi connectivity index (χ0n) is 13.0. The molecule has 2 atom stereocenters. The number of hydrogen-bond donors (Lipinski definition) is 1. The number of rotatable bonds is 4. The smallest absolute Gasteiger partial charge is 0.234 e. The van der Waals surface area contributed by atoms with Crippen LogP contribution < -0.4 is 14.8 Å². The Balaban J connectivity index is 1.56. The van der Waals surface area contributed by atoms with Crippen LogP contribution in [0.3, 0.4) is 0 Å². The number of ether oxygens (including phenoxy) is 3. The van der Waals surface area contributed by atoms with Gasteiger partial charge in [0.15, 0.2) is 11.5 Å². The summed E-state index contributed by atoms with van der Waals surface area (Å²) in [5, 5.41) is 3.04. The van der Waals surface area contributed by atoms with Crippen molar-refractivity contribution in [2.24, 2.45) is 0 Å². The maximum atomic E-state index is 12.2. The number of hydrogen-bond acceptors (Lipinski definition) is 5. The van der Waals surface area contributed by atoms with E-state index in [1.165, 1.54) is 0 Å². The summed E-state index contributed by atoms with van der Waals surface area (Å²) in [6.07, 6.45) is 0. The van der Waals surface area contributed by atoms with Crippen LogP contribution in [0.25, 0.3) is 0 Å². The first-order chi connectivity index (χ1) is 10.6. The number of carbonyl (C=O) groups excluding carboxylic acids is 1. The molecule has 0 saturated carbocycles. The Morgan fingerprint density at radius 2 is 2.23 bits per heavy atom. The molecule has 2 heterocycles. The van der Waals surface area contributed by atoms with Crippen LogP contribution in [0.1, 0.15) is 25.5 Å². The average Bonchev–Trinajstić information content (AvgIpc) is 2.97. The fourth-order valence-electron chi connectivity index (χ4n) is 2.73. The van der Waals surface area contributed by atoms with Crippen LogP contribution in [0.2, 0.25) is 0 Å². The van der Waals surface area contributed by atoms with Crippen molar-refractivity contribution >= 4 is 5.91 Å². The third-order valence-corrected chi connectivity index (χ3v) is 4.13. The standard InChI is InChI=1S/C16H22N2O4/c1-11-9-20-6-5-18(11)8-16(19)17-12(2)13-3-4-14-15(7-13)22-10-21-14/h3-4,7,11-12H,5-6,8-10H2,1-2H3,(H,17,19)/t11-,12+/m1/s1. The molecule has 0 radical (unpaired) electrons. The minimum atomic E-state index is -0.0710. The van der Waals surface area contributed by atoms with Gasteiger partial charge in [-0.25, -0.2) is 0 Å². The maximum absolute atomic E-state index is 12.2. The monoisotopic (exact) mass is 306 g/mol. The first kappa shape index (κ1) is 15.1. The van der Waals surface area contributed by atoms with Crippen LogP contribution >= 0.6 is 0 Å². The molecule has 22 heavy (non-hydrogen) atoms. The summed E-state index contributed by atoms with van der Waals surface area (Å²) in [5.74, 6) is 1.52. The lowest BCUT2D eigenvalue weighted by Gasteiger charge is -2.32. The van der Waals surface area contributed by atoms with Crippen molar-refractivity contribution in [1.29, 1.82) is 0 Å². The topological polar surface area (TPSA) is 60.0 Å². The van der Waals surface area contributed by atoms with Gasteiger partial charge < -0.3 is 19.5 Å². The van der Waals surface area contributed by atoms with Crippen molar-refractivity contribution in [2.45, 2.75) is 25.9 Å². The van der Waals surface area contributed by atoms with Gasteiger partial charge in [0.2, 0.25) is 12.7 Å². The van der Waals surface area contributed by atoms with Crippen molar-refractivity contribution in [2.75, 3.05) is 33.1 Å². The Bertz CT molecular complexity index is 549. The quantitative estimate of drug-likeness (QED) is 0.909. The highest BCUT2D eigenvalue weighted by molar-refractivity contribution is 5.78. The summed E-state index contributed by atoms with van der Waals surface area (Å²) in [5.41, 5.74) is 1.01. The Hall–Kier alpha value is -1.79. The summed E-state index contributed by atoms with van der Waals surface area (Å²) >= 11 is 0. The number of amides is 1. The molecule has 0 aromatic heterocycles. The molecule has 1 amide bonds. The number of carbonyl (C=O) groups is 1. The molecule has 120 valence electrons. The van der Waals surface area contributed by atoms with Gasteiger partial charge in [-0.2, -0.15) is 0 Å². The summed E-state index contributed by atoms with van der Waals surface area (Å²) in [7, 11) is 0. The van der Waals surface area contributed by atoms with E-state index in [4.69, 9.17) is 14.2 Å². The first-order valence-electron chi connectivity index (χ1n) is 7.64. The van der Waals surface area contributed by atoms with Crippen LogP contribution in [0.4, 0.5) is 0 Å². The van der Waals surface area contributed by atoms with E-state index in [0.29, 0.717) is 19.8 Å². The van der Waals surface area contributed by atoms with Crippen molar-refractivity contribution in [3.8, 4) is 11.5 Å². The first-order valence-corrected chi connectivity index (χ1v) is 7.64. The molecular formula is C16H22N2O4. The third-order valence-electron chi connectivity index (χ3n) is 4.13. The zero-order chi connectivity index (χ0) is 15.5. The molecule has 0 unspecified atom stereocenters. The van der Waals surface area contributed by atoms with Crippen molar-refractivity contribution < 1.29 is 19.0 Å². The van der Waals surface area contributed by atoms with E-state index >= 15 is 0 Å². The van der Waals surface area contributed by atoms with Gasteiger partial charge in [-0.1, -0.05) is 6.07 Å². The Morgan fingerprint density at radius 1 is 1.41 bits per heavy atom. The highest BCUT2D eigenvalue weighted by Gasteiger charge is 2.22. The fraction of sp³-hybridized carbons (Fsp3) is 0.562. The molecule has 1 N–H and O–H groups in total. The lowest BCUT2D eigenvalue weighted by Crippen LogP contribution is -2.48. The summed E-state index contributed by atoms with van der Waals surface area (Å²) in [4.78, 5) is 14.4. The van der Waals surface area contributed by atoms with Gasteiger partial charge in [0, 0.05) is 12.6 Å². The summed E-state index contributed by atoms with van der Waals surface area (Å²) in [6.45, 7) is 6.88. The van der Waals surface area contributed by atoms with E-state index in [1.807, 2.05) is 25.1 Å². The molecule has 6 nitrogen and oxygen atoms in total. The van der Waals surface area contributed by atoms with Crippen molar-refractivity contribution in [1.82, 2.24) is 10.2 Å². The van der Waals surface area contributed by atoms with Gasteiger partial charge in [0.25, 0.3) is 0 Å². The van der Waals surface area contributed by atoms with Crippen molar-refractivity contribution in [3.63, 3.8) is 0 Å². The molecule has 0 spiro atoms. The third kappa shape index (κ3) is 3.34. The molecule has 0 aliphatic carbocycles. The van der Waals surface area contributed by atoms with Gasteiger partial charge in [-0.15, -0.1) is 0 Å². The predicted molar refractivity (Wildman–Crippen MR) is 81.0 cm³/mol. The number of nitrogens with one attached hydrogen (secondary N) is 1. The molecule has 2 aliphatic heterocycles. The van der Waals surface area contributed by atoms with Crippen LogP contribution in [0.15, 0.2) is 18.2 Å². The minimum Gasteiger partial charge on any atom is -0.454 e. The second-order valence-corrected chi connectivity index (χ2v) is 5.80. The number of nitrogens with zero attached hydrogens (tertiary/aromatic N) is 1. The number of morpholine rings is 1. The van der Waals surface area contributed by atoms with E-state index in [2.05, 4.69) is 17.1 Å². The predicted octanol–water partition coefficient (Wildman–Crippen LogP) is 1.31. The molecule has 1 fully saturated rings. The van der Waals surface area contributed by atoms with Gasteiger partial charge in [-0.05, 0) is 31.5 Å². The second-order valence-electron chi connectivity index (χ2n) is 5.80. The molecule has 6 heteroatoms. The fourth-order valence-corrected chi connectivity index (χ4v) is 2.73. The van der Waals surface area contributed by atoms with E-state index in [0.717, 1.165) is 23.6 Å². The molecule has 2 aliphatic rings. The van der Waals surface area contributed by atoms with Gasteiger partial charge in [-0.3, -0.25) is 9.69 Å². The SMILES string of the molecule is C[C@H](NC(=O)CN1CCOC[C@H]1C)c1ccc2c(c1)OCO2. The maximum Gasteiger partial charge on any atom is 0.234 e. The van der Waals surface area contributed by atoms with E-state index < -0.39 is 0 Å². The molecule has 0 bridgehead atoms. The van der Waals surface area contributed by atoms with E-state index in [1.54, 1.807) is 0 Å². The van der Waals surface area contributed by atoms with E-state index in [9.17, 15) is 4.79 Å². The van der Waals surface area contributed by atoms with Gasteiger partial charge in [0.05, 0.1) is 25.8 Å². The largest absolute Gasteiger partial charge is 0.454 e. The molecule has 1 aromatic carbocycles. The Labute approximate surface area is 130 Å². The van der Waals surface area contributed by atoms with Crippen LogP contribution in [-0.4, -0.2) is 49.9 Å². The Kier molecular flexibility index (Phi) is 4.49. The van der Waals surface area contributed by atoms with E-state index in [-0.39, 0.29) is 24.8 Å². The van der Waals surface area contributed by atoms with Crippen LogP contribution in [-0.2, 0) is 9.53 Å². The van der Waals surface area contributed by atoms with Crippen LogP contribution in [0, 0.1) is 0 Å². The summed E-state index contributed by atoms with van der Waals surface area (Å²) in [6, 6.07) is 5.96. The highest BCUT2D eigenvalue weighted by atomic mass is 16.7. The average molecular weight is 306 g/mol. The minimum absolute atomic E-state index is 0.0268. The molecule has 3 rings (SSSR count). The van der Waals surface area contributed by atoms with Gasteiger partial charge in [0.1, 0.15) is 0 Å². The van der Waals surface area contributed by atoms with Gasteiger partial charge >= 0.3 is 0 Å². The molecular weight excluding hydrogens is 284 g/mol. The summed E-state index contributed by atoms with van der Waals surface area (Å²) < 4.78 is 16.1. The Morgan fingerprint density at radius 3 is 3.05 bits per heavy atom. The zero-order valence-corrected chi connectivity index (χ0v) is 13.0. The second kappa shape index (κ2) is 6.54. The number of benzene rings is 1. The highest BCUT2D eigenvalue weighted by Crippen LogP contribution is 2.34. The lowest BCUT2D eigenvalue weighted by atomic mass is 10.1.